The summed E-state index contributed by atoms with van der Waals surface area (Å²) < 4.78 is 5.51. The van der Waals surface area contributed by atoms with E-state index in [-0.39, 0.29) is 11.9 Å². The zero-order chi connectivity index (χ0) is 11.1. The van der Waals surface area contributed by atoms with Gasteiger partial charge in [0.1, 0.15) is 6.10 Å². The molecule has 3 N–H and O–H groups in total. The fourth-order valence-electron chi connectivity index (χ4n) is 1.25. The maximum Gasteiger partial charge on any atom is 0.168 e. The van der Waals surface area contributed by atoms with Gasteiger partial charge >= 0.3 is 0 Å². The van der Waals surface area contributed by atoms with Crippen LogP contribution in [0, 0.1) is 0 Å². The Hall–Kier alpha value is -1.55. The van der Waals surface area contributed by atoms with E-state index in [0.717, 1.165) is 5.56 Å². The second-order valence-electron chi connectivity index (χ2n) is 3.22. The van der Waals surface area contributed by atoms with Crippen molar-refractivity contribution < 1.29 is 9.94 Å². The highest BCUT2D eigenvalue weighted by Crippen LogP contribution is 2.05. The molecule has 82 valence electrons. The highest BCUT2D eigenvalue weighted by atomic mass is 16.5. The number of benzene rings is 1. The summed E-state index contributed by atoms with van der Waals surface area (Å²) in [4.78, 5) is 0. The molecular weight excluding hydrogens is 192 g/mol. The second-order valence-corrected chi connectivity index (χ2v) is 3.22. The highest BCUT2D eigenvalue weighted by Gasteiger charge is 2.11. The van der Waals surface area contributed by atoms with Gasteiger partial charge in [-0.3, -0.25) is 0 Å². The van der Waals surface area contributed by atoms with Gasteiger partial charge in [-0.15, -0.1) is 0 Å². The van der Waals surface area contributed by atoms with Crippen molar-refractivity contribution in [2.75, 3.05) is 0 Å². The van der Waals surface area contributed by atoms with E-state index in [1.165, 1.54) is 0 Å². The Balaban J connectivity index is 2.48. The van der Waals surface area contributed by atoms with Crippen LogP contribution in [0.1, 0.15) is 18.9 Å². The summed E-state index contributed by atoms with van der Waals surface area (Å²) in [5, 5.41) is 11.5. The Kier molecular flexibility index (Phi) is 4.63. The lowest BCUT2D eigenvalue weighted by atomic mass is 10.2. The van der Waals surface area contributed by atoms with E-state index in [1.54, 1.807) is 0 Å². The van der Waals surface area contributed by atoms with Gasteiger partial charge < -0.3 is 15.7 Å². The van der Waals surface area contributed by atoms with Crippen LogP contribution in [0.3, 0.4) is 0 Å². The van der Waals surface area contributed by atoms with Gasteiger partial charge in [0.2, 0.25) is 0 Å². The van der Waals surface area contributed by atoms with Crippen molar-refractivity contribution in [2.45, 2.75) is 26.1 Å². The fourth-order valence-corrected chi connectivity index (χ4v) is 1.25. The normalized spacial score (nSPS) is 13.8. The lowest BCUT2D eigenvalue weighted by molar-refractivity contribution is 0.0788. The van der Waals surface area contributed by atoms with Gasteiger partial charge in [0, 0.05) is 0 Å². The predicted molar refractivity (Wildman–Crippen MR) is 58.7 cm³/mol. The number of ether oxygens (including phenoxy) is 1. The number of nitrogens with zero attached hydrogens (tertiary/aromatic N) is 1. The van der Waals surface area contributed by atoms with Crippen molar-refractivity contribution in [1.82, 2.24) is 0 Å². The first-order valence-electron chi connectivity index (χ1n) is 4.90. The molecule has 0 heterocycles. The molecule has 0 aliphatic heterocycles. The molecule has 0 saturated carbocycles. The van der Waals surface area contributed by atoms with Crippen LogP contribution in [-0.4, -0.2) is 17.1 Å². The molecule has 0 aromatic heterocycles. The van der Waals surface area contributed by atoms with Gasteiger partial charge in [-0.25, -0.2) is 0 Å². The molecule has 0 aliphatic rings. The molecule has 0 saturated heterocycles. The predicted octanol–water partition coefficient (Wildman–Crippen LogP) is 1.73. The summed E-state index contributed by atoms with van der Waals surface area (Å²) in [6.07, 6.45) is 0.359. The topological polar surface area (TPSA) is 67.8 Å². The van der Waals surface area contributed by atoms with E-state index in [9.17, 15) is 0 Å². The third-order valence-electron chi connectivity index (χ3n) is 2.11. The van der Waals surface area contributed by atoms with E-state index >= 15 is 0 Å². The Morgan fingerprint density at radius 3 is 2.67 bits per heavy atom. The van der Waals surface area contributed by atoms with Gasteiger partial charge in [-0.1, -0.05) is 42.4 Å². The van der Waals surface area contributed by atoms with Crippen LogP contribution in [0.2, 0.25) is 0 Å². The fraction of sp³-hybridized carbons (Fsp3) is 0.364. The lowest BCUT2D eigenvalue weighted by Gasteiger charge is -2.14. The first kappa shape index (κ1) is 11.5. The molecule has 1 atom stereocenters. The average molecular weight is 208 g/mol. The number of oxime groups is 1. The minimum Gasteiger partial charge on any atom is -0.409 e. The summed E-state index contributed by atoms with van der Waals surface area (Å²) in [6.45, 7) is 2.39. The molecule has 1 aromatic rings. The Morgan fingerprint density at radius 2 is 2.13 bits per heavy atom. The summed E-state index contributed by atoms with van der Waals surface area (Å²) in [7, 11) is 0. The van der Waals surface area contributed by atoms with Crippen LogP contribution in [0.25, 0.3) is 0 Å². The van der Waals surface area contributed by atoms with Crippen molar-refractivity contribution in [2.24, 2.45) is 10.9 Å². The third kappa shape index (κ3) is 3.59. The smallest absolute Gasteiger partial charge is 0.168 e. The van der Waals surface area contributed by atoms with Gasteiger partial charge in [0.25, 0.3) is 0 Å². The number of rotatable bonds is 5. The van der Waals surface area contributed by atoms with Crippen LogP contribution in [0.5, 0.6) is 0 Å². The van der Waals surface area contributed by atoms with Gasteiger partial charge in [0.05, 0.1) is 6.61 Å². The molecule has 0 fully saturated rings. The zero-order valence-electron chi connectivity index (χ0n) is 8.76. The van der Waals surface area contributed by atoms with E-state index in [1.807, 2.05) is 37.3 Å². The molecule has 0 radical (unpaired) electrons. The average Bonchev–Trinajstić information content (AvgIpc) is 2.31. The standard InChI is InChI=1S/C11H16N2O2/c1-2-10(11(12)13-14)15-8-9-6-4-3-5-7-9/h3-7,10,14H,2,8H2,1H3,(H2,12,13). The van der Waals surface area contributed by atoms with Crippen LogP contribution < -0.4 is 5.73 Å². The van der Waals surface area contributed by atoms with Crippen LogP contribution in [0.15, 0.2) is 35.5 Å². The minimum atomic E-state index is -0.324. The van der Waals surface area contributed by atoms with Gasteiger partial charge in [0.15, 0.2) is 5.84 Å². The highest BCUT2D eigenvalue weighted by molar-refractivity contribution is 5.84. The van der Waals surface area contributed by atoms with Crippen molar-refractivity contribution >= 4 is 5.84 Å². The van der Waals surface area contributed by atoms with Gasteiger partial charge in [-0.05, 0) is 12.0 Å². The van der Waals surface area contributed by atoms with Crippen LogP contribution in [0.4, 0.5) is 0 Å². The Bertz CT molecular complexity index is 312. The maximum absolute atomic E-state index is 8.52. The van der Waals surface area contributed by atoms with Crippen molar-refractivity contribution in [1.29, 1.82) is 0 Å². The number of hydrogen-bond donors (Lipinski definition) is 2. The number of hydrogen-bond acceptors (Lipinski definition) is 3. The summed E-state index contributed by atoms with van der Waals surface area (Å²) >= 11 is 0. The molecule has 1 aromatic carbocycles. The molecule has 0 aliphatic carbocycles. The maximum atomic E-state index is 8.52. The Labute approximate surface area is 89.4 Å². The zero-order valence-corrected chi connectivity index (χ0v) is 8.76. The minimum absolute atomic E-state index is 0.119. The molecule has 0 bridgehead atoms. The third-order valence-corrected chi connectivity index (χ3v) is 2.11. The molecule has 1 unspecified atom stereocenters. The SMILES string of the molecule is CCC(OCc1ccccc1)C(N)=NO. The molecule has 4 nitrogen and oxygen atoms in total. The van der Waals surface area contributed by atoms with E-state index in [2.05, 4.69) is 5.16 Å². The molecule has 0 spiro atoms. The molecule has 15 heavy (non-hydrogen) atoms. The monoisotopic (exact) mass is 208 g/mol. The number of amidine groups is 1. The summed E-state index contributed by atoms with van der Waals surface area (Å²) in [6, 6.07) is 9.79. The van der Waals surface area contributed by atoms with E-state index in [4.69, 9.17) is 15.7 Å². The van der Waals surface area contributed by atoms with Crippen molar-refractivity contribution in [3.63, 3.8) is 0 Å². The Morgan fingerprint density at radius 1 is 1.47 bits per heavy atom. The van der Waals surface area contributed by atoms with Crippen molar-refractivity contribution in [3.05, 3.63) is 35.9 Å². The quantitative estimate of drug-likeness (QED) is 0.335. The first-order chi connectivity index (χ1) is 7.27. The molecule has 1 rings (SSSR count). The van der Waals surface area contributed by atoms with Gasteiger partial charge in [-0.2, -0.15) is 0 Å². The first-order valence-corrected chi connectivity index (χ1v) is 4.90. The van der Waals surface area contributed by atoms with Crippen LogP contribution >= 0.6 is 0 Å². The second kappa shape index (κ2) is 6.03. The van der Waals surface area contributed by atoms with Crippen LogP contribution in [-0.2, 0) is 11.3 Å². The molecule has 4 heteroatoms. The number of nitrogens with two attached hydrogens (primary N) is 1. The largest absolute Gasteiger partial charge is 0.409 e. The summed E-state index contributed by atoms with van der Waals surface area (Å²) in [5.41, 5.74) is 6.54. The van der Waals surface area contributed by atoms with Crippen molar-refractivity contribution in [3.8, 4) is 0 Å². The molecular formula is C11H16N2O2. The lowest BCUT2D eigenvalue weighted by Crippen LogP contribution is -2.30. The van der Waals surface area contributed by atoms with E-state index in [0.29, 0.717) is 13.0 Å². The molecule has 0 amide bonds. The van der Waals surface area contributed by atoms with E-state index < -0.39 is 0 Å². The summed E-state index contributed by atoms with van der Waals surface area (Å²) in [5.74, 6) is 0.119.